The monoisotopic (exact) mass is 432 g/mol. The predicted octanol–water partition coefficient (Wildman–Crippen LogP) is 3.44. The summed E-state index contributed by atoms with van der Waals surface area (Å²) in [5.41, 5.74) is 3.87. The molecule has 0 radical (unpaired) electrons. The van der Waals surface area contributed by atoms with Crippen molar-refractivity contribution in [2.75, 3.05) is 32.1 Å². The summed E-state index contributed by atoms with van der Waals surface area (Å²) in [7, 11) is 3.84. The SMILES string of the molecule is Cc1cnccc1-c1cnc(N(C)C)nc1C1CCCCN1C(=O)COc1ccccn1. The van der Waals surface area contributed by atoms with Crippen molar-refractivity contribution in [1.82, 2.24) is 24.8 Å². The number of hydrogen-bond donors (Lipinski definition) is 0. The van der Waals surface area contributed by atoms with Gasteiger partial charge in [0.1, 0.15) is 0 Å². The van der Waals surface area contributed by atoms with Crippen LogP contribution in [0.1, 0.15) is 36.6 Å². The molecular weight excluding hydrogens is 404 g/mol. The Morgan fingerprint density at radius 2 is 2.00 bits per heavy atom. The zero-order valence-electron chi connectivity index (χ0n) is 18.7. The van der Waals surface area contributed by atoms with Crippen molar-refractivity contribution in [1.29, 1.82) is 0 Å². The molecule has 1 amide bonds. The Morgan fingerprint density at radius 3 is 2.75 bits per heavy atom. The maximum atomic E-state index is 13.2. The lowest BCUT2D eigenvalue weighted by molar-refractivity contribution is -0.137. The van der Waals surface area contributed by atoms with Gasteiger partial charge in [0.2, 0.25) is 11.8 Å². The van der Waals surface area contributed by atoms with Gasteiger partial charge in [0.25, 0.3) is 5.91 Å². The van der Waals surface area contributed by atoms with Crippen molar-refractivity contribution in [3.63, 3.8) is 0 Å². The van der Waals surface area contributed by atoms with Gasteiger partial charge in [-0.15, -0.1) is 0 Å². The molecule has 1 atom stereocenters. The van der Waals surface area contributed by atoms with Crippen LogP contribution in [0.15, 0.2) is 49.1 Å². The molecule has 0 saturated carbocycles. The second kappa shape index (κ2) is 9.72. The Morgan fingerprint density at radius 1 is 1.12 bits per heavy atom. The van der Waals surface area contributed by atoms with E-state index in [1.165, 1.54) is 0 Å². The second-order valence-corrected chi connectivity index (χ2v) is 8.11. The Kier molecular flexibility index (Phi) is 6.58. The first-order valence-corrected chi connectivity index (χ1v) is 10.8. The highest BCUT2D eigenvalue weighted by atomic mass is 16.5. The van der Waals surface area contributed by atoms with Gasteiger partial charge in [-0.25, -0.2) is 15.0 Å². The molecule has 3 aromatic heterocycles. The van der Waals surface area contributed by atoms with Crippen molar-refractivity contribution in [2.45, 2.75) is 32.2 Å². The summed E-state index contributed by atoms with van der Waals surface area (Å²) in [5, 5.41) is 0. The third-order valence-corrected chi connectivity index (χ3v) is 5.64. The largest absolute Gasteiger partial charge is 0.468 e. The van der Waals surface area contributed by atoms with Gasteiger partial charge in [-0.05, 0) is 49.4 Å². The molecule has 166 valence electrons. The van der Waals surface area contributed by atoms with Crippen LogP contribution in [-0.4, -0.2) is 58.0 Å². The topological polar surface area (TPSA) is 84.3 Å². The van der Waals surface area contributed by atoms with Gasteiger partial charge < -0.3 is 14.5 Å². The van der Waals surface area contributed by atoms with Crippen molar-refractivity contribution >= 4 is 11.9 Å². The molecule has 3 aromatic rings. The summed E-state index contributed by atoms with van der Waals surface area (Å²) in [6.07, 6.45) is 9.96. The van der Waals surface area contributed by atoms with Gasteiger partial charge in [0, 0.05) is 57.1 Å². The standard InChI is InChI=1S/C24H28N6O2/c1-17-14-25-12-10-18(17)19-15-27-24(29(2)3)28-23(19)20-8-5-7-13-30(20)22(31)16-32-21-9-4-6-11-26-21/h4,6,9-12,14-15,20H,5,7-8,13,16H2,1-3H3. The molecule has 8 nitrogen and oxygen atoms in total. The molecular formula is C24H28N6O2. The molecule has 32 heavy (non-hydrogen) atoms. The maximum absolute atomic E-state index is 13.2. The molecule has 0 aliphatic carbocycles. The summed E-state index contributed by atoms with van der Waals surface area (Å²) >= 11 is 0. The minimum Gasteiger partial charge on any atom is -0.468 e. The first kappa shape index (κ1) is 21.7. The van der Waals surface area contributed by atoms with E-state index in [2.05, 4.69) is 15.0 Å². The number of likely N-dealkylation sites (tertiary alicyclic amines) is 1. The summed E-state index contributed by atoms with van der Waals surface area (Å²) in [4.78, 5) is 34.8. The minimum absolute atomic E-state index is 0.0528. The van der Waals surface area contributed by atoms with E-state index in [0.29, 0.717) is 18.4 Å². The molecule has 0 N–H and O–H groups in total. The summed E-state index contributed by atoms with van der Waals surface area (Å²) in [6, 6.07) is 7.23. The van der Waals surface area contributed by atoms with E-state index < -0.39 is 0 Å². The van der Waals surface area contributed by atoms with Crippen molar-refractivity contribution < 1.29 is 9.53 Å². The second-order valence-electron chi connectivity index (χ2n) is 8.11. The molecule has 0 aromatic carbocycles. The van der Waals surface area contributed by atoms with Gasteiger partial charge >= 0.3 is 0 Å². The third-order valence-electron chi connectivity index (χ3n) is 5.64. The number of ether oxygens (including phenoxy) is 1. The first-order chi connectivity index (χ1) is 15.5. The van der Waals surface area contributed by atoms with E-state index >= 15 is 0 Å². The normalized spacial score (nSPS) is 16.0. The van der Waals surface area contributed by atoms with Gasteiger partial charge in [0.15, 0.2) is 6.61 Å². The number of amides is 1. The molecule has 0 bridgehead atoms. The van der Waals surface area contributed by atoms with Crippen LogP contribution in [0.3, 0.4) is 0 Å². The minimum atomic E-state index is -0.146. The van der Waals surface area contributed by atoms with Crippen molar-refractivity contribution in [3.05, 3.63) is 60.3 Å². The highest BCUT2D eigenvalue weighted by Gasteiger charge is 2.32. The number of aromatic nitrogens is 4. The molecule has 1 saturated heterocycles. The summed E-state index contributed by atoms with van der Waals surface area (Å²) in [6.45, 7) is 2.64. The van der Waals surface area contributed by atoms with Crippen LogP contribution in [0.4, 0.5) is 5.95 Å². The van der Waals surface area contributed by atoms with Crippen LogP contribution in [-0.2, 0) is 4.79 Å². The number of nitrogens with zero attached hydrogens (tertiary/aromatic N) is 6. The zero-order valence-corrected chi connectivity index (χ0v) is 18.7. The number of aryl methyl sites for hydroxylation is 1. The molecule has 1 unspecified atom stereocenters. The lowest BCUT2D eigenvalue weighted by Gasteiger charge is -2.36. The van der Waals surface area contributed by atoms with E-state index in [9.17, 15) is 4.79 Å². The average Bonchev–Trinajstić information content (AvgIpc) is 2.83. The van der Waals surface area contributed by atoms with E-state index in [-0.39, 0.29) is 18.6 Å². The molecule has 4 rings (SSSR count). The van der Waals surface area contributed by atoms with E-state index in [4.69, 9.17) is 9.72 Å². The van der Waals surface area contributed by atoms with Gasteiger partial charge in [-0.3, -0.25) is 9.78 Å². The highest BCUT2D eigenvalue weighted by Crippen LogP contribution is 2.37. The van der Waals surface area contributed by atoms with E-state index in [1.807, 2.05) is 61.4 Å². The number of anilines is 1. The van der Waals surface area contributed by atoms with Gasteiger partial charge in [0.05, 0.1) is 11.7 Å². The summed E-state index contributed by atoms with van der Waals surface area (Å²) in [5.74, 6) is 1.00. The number of pyridine rings is 2. The first-order valence-electron chi connectivity index (χ1n) is 10.8. The summed E-state index contributed by atoms with van der Waals surface area (Å²) < 4.78 is 5.65. The molecule has 0 spiro atoms. The fourth-order valence-corrected chi connectivity index (χ4v) is 4.00. The number of carbonyl (C=O) groups is 1. The molecule has 1 aliphatic rings. The quantitative estimate of drug-likeness (QED) is 0.590. The van der Waals surface area contributed by atoms with E-state index in [1.54, 1.807) is 18.5 Å². The van der Waals surface area contributed by atoms with Crippen LogP contribution in [0.25, 0.3) is 11.1 Å². The highest BCUT2D eigenvalue weighted by molar-refractivity contribution is 5.79. The number of carbonyl (C=O) groups excluding carboxylic acids is 1. The number of hydrogen-bond acceptors (Lipinski definition) is 7. The fraction of sp³-hybridized carbons (Fsp3) is 0.375. The Labute approximate surface area is 188 Å². The Hall–Kier alpha value is -3.55. The average molecular weight is 433 g/mol. The molecule has 1 aliphatic heterocycles. The zero-order chi connectivity index (χ0) is 22.5. The lowest BCUT2D eigenvalue weighted by Crippen LogP contribution is -2.41. The maximum Gasteiger partial charge on any atom is 0.261 e. The number of piperidine rings is 1. The Bertz CT molecular complexity index is 1070. The van der Waals surface area contributed by atoms with Gasteiger partial charge in [-0.1, -0.05) is 6.07 Å². The van der Waals surface area contributed by atoms with E-state index in [0.717, 1.165) is 41.6 Å². The smallest absolute Gasteiger partial charge is 0.261 e. The predicted molar refractivity (Wildman–Crippen MR) is 122 cm³/mol. The van der Waals surface area contributed by atoms with Crippen LogP contribution in [0.2, 0.25) is 0 Å². The van der Waals surface area contributed by atoms with Crippen LogP contribution < -0.4 is 9.64 Å². The number of rotatable bonds is 6. The van der Waals surface area contributed by atoms with Crippen LogP contribution in [0, 0.1) is 6.92 Å². The molecule has 1 fully saturated rings. The van der Waals surface area contributed by atoms with Crippen LogP contribution in [0.5, 0.6) is 5.88 Å². The molecule has 4 heterocycles. The van der Waals surface area contributed by atoms with Crippen molar-refractivity contribution in [3.8, 4) is 17.0 Å². The molecule has 8 heteroatoms. The van der Waals surface area contributed by atoms with Crippen LogP contribution >= 0.6 is 0 Å². The van der Waals surface area contributed by atoms with Crippen molar-refractivity contribution in [2.24, 2.45) is 0 Å². The fourth-order valence-electron chi connectivity index (χ4n) is 4.00. The third kappa shape index (κ3) is 4.69. The van der Waals surface area contributed by atoms with Gasteiger partial charge in [-0.2, -0.15) is 0 Å². The Balaban J connectivity index is 1.68. The lowest BCUT2D eigenvalue weighted by atomic mass is 9.93.